The zero-order valence-corrected chi connectivity index (χ0v) is 18.8. The van der Waals surface area contributed by atoms with Gasteiger partial charge >= 0.3 is 0 Å². The highest BCUT2D eigenvalue weighted by molar-refractivity contribution is 8.16. The van der Waals surface area contributed by atoms with Crippen LogP contribution in [0.4, 0.5) is 0 Å². The van der Waals surface area contributed by atoms with Gasteiger partial charge in [-0.15, -0.1) is 34.9 Å². The maximum Gasteiger partial charge on any atom is 0.140 e. The molecule has 0 amide bonds. The van der Waals surface area contributed by atoms with Crippen molar-refractivity contribution in [3.8, 4) is 5.75 Å². The van der Waals surface area contributed by atoms with Crippen LogP contribution in [0.15, 0.2) is 42.5 Å². The Balaban J connectivity index is 1.68. The van der Waals surface area contributed by atoms with E-state index >= 15 is 0 Å². The van der Waals surface area contributed by atoms with Crippen LogP contribution in [0.3, 0.4) is 0 Å². The summed E-state index contributed by atoms with van der Waals surface area (Å²) in [6.07, 6.45) is 2.40. The standard InChI is InChI=1S/C21H24ClNOS3/c1-3-10-25-21(26-11-4-2)15-6-5-7-17(12-15)24-14-20-23-18-13-16(22)8-9-19(18)27-20/h5-9,12-13,21H,3-4,10-11,14H2,1-2H3. The van der Waals surface area contributed by atoms with Gasteiger partial charge in [-0.25, -0.2) is 4.98 Å². The van der Waals surface area contributed by atoms with Crippen molar-refractivity contribution in [2.75, 3.05) is 11.5 Å². The lowest BCUT2D eigenvalue weighted by molar-refractivity contribution is 0.305. The Labute approximate surface area is 179 Å². The Morgan fingerprint density at radius 3 is 2.59 bits per heavy atom. The van der Waals surface area contributed by atoms with Gasteiger partial charge in [-0.2, -0.15) is 0 Å². The van der Waals surface area contributed by atoms with E-state index in [1.807, 2.05) is 47.8 Å². The van der Waals surface area contributed by atoms with Crippen molar-refractivity contribution in [1.29, 1.82) is 0 Å². The summed E-state index contributed by atoms with van der Waals surface area (Å²) in [6.45, 7) is 4.95. The Bertz CT molecular complexity index is 860. The van der Waals surface area contributed by atoms with Gasteiger partial charge in [0.1, 0.15) is 17.4 Å². The third-order valence-corrected chi connectivity index (χ3v) is 8.33. The van der Waals surface area contributed by atoms with E-state index in [-0.39, 0.29) is 0 Å². The first-order chi connectivity index (χ1) is 13.2. The van der Waals surface area contributed by atoms with E-state index in [0.717, 1.165) is 21.0 Å². The number of halogens is 1. The molecule has 0 aliphatic rings. The number of hydrogen-bond acceptors (Lipinski definition) is 5. The number of fused-ring (bicyclic) bond motifs is 1. The van der Waals surface area contributed by atoms with Crippen molar-refractivity contribution in [3.05, 3.63) is 58.1 Å². The summed E-state index contributed by atoms with van der Waals surface area (Å²) >= 11 is 11.8. The van der Waals surface area contributed by atoms with E-state index in [2.05, 4.69) is 37.0 Å². The van der Waals surface area contributed by atoms with Gasteiger partial charge in [-0.1, -0.05) is 37.6 Å². The third-order valence-electron chi connectivity index (χ3n) is 3.83. The van der Waals surface area contributed by atoms with Crippen LogP contribution in [0.2, 0.25) is 5.02 Å². The number of ether oxygens (including phenoxy) is 1. The molecule has 0 saturated carbocycles. The fourth-order valence-electron chi connectivity index (χ4n) is 2.60. The molecular formula is C21H24ClNOS3. The van der Waals surface area contributed by atoms with E-state index in [1.165, 1.54) is 29.9 Å². The van der Waals surface area contributed by atoms with Gasteiger partial charge in [0.05, 0.1) is 14.8 Å². The van der Waals surface area contributed by atoms with Crippen molar-refractivity contribution in [2.45, 2.75) is 37.9 Å². The van der Waals surface area contributed by atoms with Crippen molar-refractivity contribution < 1.29 is 4.74 Å². The van der Waals surface area contributed by atoms with E-state index < -0.39 is 0 Å². The van der Waals surface area contributed by atoms with Crippen LogP contribution in [-0.2, 0) is 6.61 Å². The Morgan fingerprint density at radius 2 is 1.85 bits per heavy atom. The molecule has 144 valence electrons. The van der Waals surface area contributed by atoms with Gasteiger partial charge in [0.2, 0.25) is 0 Å². The first kappa shape index (κ1) is 20.8. The van der Waals surface area contributed by atoms with Gasteiger partial charge in [-0.05, 0) is 60.2 Å². The van der Waals surface area contributed by atoms with Crippen LogP contribution in [0.25, 0.3) is 10.2 Å². The normalized spacial score (nSPS) is 11.4. The summed E-state index contributed by atoms with van der Waals surface area (Å²) in [5.41, 5.74) is 2.27. The molecule has 0 unspecified atom stereocenters. The highest BCUT2D eigenvalue weighted by Gasteiger charge is 2.13. The fourth-order valence-corrected chi connectivity index (χ4v) is 6.16. The first-order valence-corrected chi connectivity index (χ1v) is 12.5. The van der Waals surface area contributed by atoms with Crippen LogP contribution < -0.4 is 4.74 Å². The molecule has 1 aromatic heterocycles. The van der Waals surface area contributed by atoms with E-state index in [4.69, 9.17) is 16.3 Å². The van der Waals surface area contributed by atoms with E-state index in [1.54, 1.807) is 11.3 Å². The molecule has 0 bridgehead atoms. The van der Waals surface area contributed by atoms with Gasteiger partial charge in [0, 0.05) is 5.02 Å². The van der Waals surface area contributed by atoms with Crippen LogP contribution in [-0.4, -0.2) is 16.5 Å². The molecule has 1 heterocycles. The van der Waals surface area contributed by atoms with Gasteiger partial charge < -0.3 is 4.74 Å². The lowest BCUT2D eigenvalue weighted by Crippen LogP contribution is -1.97. The van der Waals surface area contributed by atoms with Crippen molar-refractivity contribution in [1.82, 2.24) is 4.98 Å². The van der Waals surface area contributed by atoms with Gasteiger partial charge in [-0.3, -0.25) is 0 Å². The quantitative estimate of drug-likeness (QED) is 0.301. The highest BCUT2D eigenvalue weighted by Crippen LogP contribution is 2.41. The zero-order valence-electron chi connectivity index (χ0n) is 15.6. The number of benzene rings is 2. The molecule has 27 heavy (non-hydrogen) atoms. The predicted octanol–water partition coefficient (Wildman–Crippen LogP) is 7.81. The van der Waals surface area contributed by atoms with Crippen LogP contribution in [0, 0.1) is 0 Å². The Hall–Kier alpha value is -0.880. The second-order valence-electron chi connectivity index (χ2n) is 6.15. The molecular weight excluding hydrogens is 414 g/mol. The molecule has 2 aromatic carbocycles. The van der Waals surface area contributed by atoms with Gasteiger partial charge in [0.25, 0.3) is 0 Å². The summed E-state index contributed by atoms with van der Waals surface area (Å²) in [5, 5.41) is 1.68. The molecule has 3 rings (SSSR count). The summed E-state index contributed by atoms with van der Waals surface area (Å²) in [4.78, 5) is 4.63. The van der Waals surface area contributed by atoms with Crippen molar-refractivity contribution >= 4 is 56.7 Å². The molecule has 0 radical (unpaired) electrons. The monoisotopic (exact) mass is 437 g/mol. The van der Waals surface area contributed by atoms with Gasteiger partial charge in [0.15, 0.2) is 0 Å². The third kappa shape index (κ3) is 6.05. The number of rotatable bonds is 10. The lowest BCUT2D eigenvalue weighted by atomic mass is 10.2. The molecule has 0 aliphatic heterocycles. The number of aromatic nitrogens is 1. The molecule has 3 aromatic rings. The number of thiazole rings is 1. The number of hydrogen-bond donors (Lipinski definition) is 0. The second-order valence-corrected chi connectivity index (χ2v) is 10.4. The van der Waals surface area contributed by atoms with Crippen molar-refractivity contribution in [3.63, 3.8) is 0 Å². The molecule has 0 aliphatic carbocycles. The summed E-state index contributed by atoms with van der Waals surface area (Å²) in [6, 6.07) is 14.3. The van der Waals surface area contributed by atoms with Crippen LogP contribution in [0.5, 0.6) is 5.75 Å². The van der Waals surface area contributed by atoms with Crippen LogP contribution >= 0.6 is 46.5 Å². The second kappa shape index (κ2) is 10.6. The molecule has 0 saturated heterocycles. The largest absolute Gasteiger partial charge is 0.486 e. The molecule has 6 heteroatoms. The maximum atomic E-state index is 6.05. The number of thioether (sulfide) groups is 2. The SMILES string of the molecule is CCCSC(SCCC)c1cccc(OCc2nc3cc(Cl)ccc3s2)c1. The summed E-state index contributed by atoms with van der Waals surface area (Å²) < 4.78 is 7.66. The van der Waals surface area contributed by atoms with Crippen molar-refractivity contribution in [2.24, 2.45) is 0 Å². The van der Waals surface area contributed by atoms with Crippen LogP contribution in [0.1, 0.15) is 41.8 Å². The molecule has 2 nitrogen and oxygen atoms in total. The zero-order chi connectivity index (χ0) is 19.1. The Kier molecular flexibility index (Phi) is 8.19. The Morgan fingerprint density at radius 1 is 1.07 bits per heavy atom. The summed E-state index contributed by atoms with van der Waals surface area (Å²) in [5.74, 6) is 3.27. The average Bonchev–Trinajstić information content (AvgIpc) is 3.09. The van der Waals surface area contributed by atoms with E-state index in [9.17, 15) is 0 Å². The molecule has 0 N–H and O–H groups in total. The molecule has 0 spiro atoms. The minimum atomic E-state index is 0.470. The average molecular weight is 438 g/mol. The number of nitrogens with zero attached hydrogens (tertiary/aromatic N) is 1. The molecule has 0 fully saturated rings. The molecule has 0 atom stereocenters. The predicted molar refractivity (Wildman–Crippen MR) is 124 cm³/mol. The minimum absolute atomic E-state index is 0.470. The topological polar surface area (TPSA) is 22.1 Å². The highest BCUT2D eigenvalue weighted by atomic mass is 35.5. The fraction of sp³-hybridized carbons (Fsp3) is 0.381. The lowest BCUT2D eigenvalue weighted by Gasteiger charge is -2.17. The maximum absolute atomic E-state index is 6.05. The summed E-state index contributed by atoms with van der Waals surface area (Å²) in [7, 11) is 0. The first-order valence-electron chi connectivity index (χ1n) is 9.20. The minimum Gasteiger partial charge on any atom is -0.486 e. The smallest absolute Gasteiger partial charge is 0.140 e. The van der Waals surface area contributed by atoms with E-state index in [0.29, 0.717) is 16.2 Å².